The monoisotopic (exact) mass is 380 g/mol. The zero-order chi connectivity index (χ0) is 18.5. The topological polar surface area (TPSA) is 126 Å². The number of carbonyl (C=O) groups is 1. The average Bonchev–Trinajstić information content (AvgIpc) is 2.92. The van der Waals surface area contributed by atoms with Gasteiger partial charge in [0.15, 0.2) is 0 Å². The van der Waals surface area contributed by atoms with Crippen LogP contribution in [0.5, 0.6) is 0 Å². The first kappa shape index (κ1) is 20.6. The molecule has 138 valence electrons. The van der Waals surface area contributed by atoms with Crippen molar-refractivity contribution in [2.75, 3.05) is 20.6 Å². The van der Waals surface area contributed by atoms with Gasteiger partial charge in [-0.2, -0.15) is 0 Å². The van der Waals surface area contributed by atoms with Crippen LogP contribution in [0.15, 0.2) is 22.2 Å². The molecular formula is C13H24N4O5S2. The van der Waals surface area contributed by atoms with E-state index in [2.05, 4.69) is 14.8 Å². The second-order valence-electron chi connectivity index (χ2n) is 5.61. The number of sulfonamides is 2. The molecular weight excluding hydrogens is 356 g/mol. The fourth-order valence-electron chi connectivity index (χ4n) is 1.90. The highest BCUT2D eigenvalue weighted by atomic mass is 32.2. The molecule has 0 unspecified atom stereocenters. The van der Waals surface area contributed by atoms with Gasteiger partial charge in [0.05, 0.1) is 0 Å². The van der Waals surface area contributed by atoms with Crippen LogP contribution in [0.4, 0.5) is 0 Å². The largest absolute Gasteiger partial charge is 0.355 e. The summed E-state index contributed by atoms with van der Waals surface area (Å²) in [5, 5.41) is 2.71. The molecule has 0 aliphatic carbocycles. The Labute approximate surface area is 142 Å². The molecule has 1 heterocycles. The molecule has 0 atom stereocenters. The minimum Gasteiger partial charge on any atom is -0.355 e. The van der Waals surface area contributed by atoms with Crippen LogP contribution in [0.2, 0.25) is 0 Å². The van der Waals surface area contributed by atoms with Gasteiger partial charge in [0.1, 0.15) is 16.3 Å². The number of aromatic nitrogens is 1. The third-order valence-corrected chi connectivity index (χ3v) is 6.31. The van der Waals surface area contributed by atoms with E-state index >= 15 is 0 Å². The zero-order valence-corrected chi connectivity index (χ0v) is 15.8. The molecule has 9 nitrogen and oxygen atoms in total. The lowest BCUT2D eigenvalue weighted by atomic mass is 10.1. The van der Waals surface area contributed by atoms with Gasteiger partial charge in [-0.1, -0.05) is 13.8 Å². The number of nitrogens with zero attached hydrogens (tertiary/aromatic N) is 1. The molecule has 0 radical (unpaired) electrons. The molecule has 0 bridgehead atoms. The van der Waals surface area contributed by atoms with E-state index in [-0.39, 0.29) is 12.5 Å². The van der Waals surface area contributed by atoms with Crippen LogP contribution in [-0.2, 0) is 31.4 Å². The summed E-state index contributed by atoms with van der Waals surface area (Å²) in [5.74, 6) is 0.115. The fourth-order valence-corrected chi connectivity index (χ4v) is 4.18. The second-order valence-corrected chi connectivity index (χ2v) is 9.32. The molecule has 24 heavy (non-hydrogen) atoms. The maximum absolute atomic E-state index is 12.0. The molecule has 0 saturated heterocycles. The number of rotatable bonds is 9. The van der Waals surface area contributed by atoms with E-state index in [9.17, 15) is 21.6 Å². The smallest absolute Gasteiger partial charge is 0.243 e. The first-order valence-electron chi connectivity index (χ1n) is 7.37. The van der Waals surface area contributed by atoms with Gasteiger partial charge in [0.25, 0.3) is 0 Å². The number of nitrogens with one attached hydrogen (secondary N) is 3. The van der Waals surface area contributed by atoms with E-state index in [1.54, 1.807) is 0 Å². The van der Waals surface area contributed by atoms with Crippen molar-refractivity contribution in [2.45, 2.75) is 36.6 Å². The molecule has 1 rings (SSSR count). The van der Waals surface area contributed by atoms with Crippen LogP contribution in [0.1, 0.15) is 20.3 Å². The van der Waals surface area contributed by atoms with Gasteiger partial charge in [0.2, 0.25) is 26.0 Å². The predicted molar refractivity (Wildman–Crippen MR) is 89.4 cm³/mol. The minimum absolute atomic E-state index is 0.177. The van der Waals surface area contributed by atoms with Crippen molar-refractivity contribution in [2.24, 2.45) is 5.92 Å². The van der Waals surface area contributed by atoms with Gasteiger partial charge in [-0.3, -0.25) is 4.79 Å². The molecule has 0 aromatic carbocycles. The normalized spacial score (nSPS) is 12.5. The SMILES string of the molecule is CNS(=O)(=O)c1cn(CC(=O)NCCC(C)C)cc1S(=O)(=O)NC. The van der Waals surface area contributed by atoms with E-state index in [0.29, 0.717) is 12.5 Å². The Bertz CT molecular complexity index is 730. The van der Waals surface area contributed by atoms with Gasteiger partial charge in [-0.15, -0.1) is 0 Å². The van der Waals surface area contributed by atoms with Crippen molar-refractivity contribution in [3.63, 3.8) is 0 Å². The summed E-state index contributed by atoms with van der Waals surface area (Å²) in [5.41, 5.74) is 0. The van der Waals surface area contributed by atoms with Crippen molar-refractivity contribution in [3.8, 4) is 0 Å². The lowest BCUT2D eigenvalue weighted by molar-refractivity contribution is -0.121. The molecule has 0 spiro atoms. The highest BCUT2D eigenvalue weighted by molar-refractivity contribution is 7.92. The molecule has 0 fully saturated rings. The third-order valence-electron chi connectivity index (χ3n) is 3.30. The van der Waals surface area contributed by atoms with E-state index in [1.165, 1.54) is 18.7 Å². The molecule has 0 aliphatic heterocycles. The minimum atomic E-state index is -3.99. The van der Waals surface area contributed by atoms with Crippen molar-refractivity contribution in [1.82, 2.24) is 19.3 Å². The lowest BCUT2D eigenvalue weighted by Crippen LogP contribution is -2.28. The summed E-state index contributed by atoms with van der Waals surface area (Å²) < 4.78 is 53.4. The highest BCUT2D eigenvalue weighted by Crippen LogP contribution is 2.21. The van der Waals surface area contributed by atoms with E-state index in [0.717, 1.165) is 18.8 Å². The molecule has 1 amide bonds. The summed E-state index contributed by atoms with van der Waals surface area (Å²) in [6.07, 6.45) is 3.06. The van der Waals surface area contributed by atoms with Crippen molar-refractivity contribution in [3.05, 3.63) is 12.4 Å². The van der Waals surface area contributed by atoms with Crippen molar-refractivity contribution in [1.29, 1.82) is 0 Å². The highest BCUT2D eigenvalue weighted by Gasteiger charge is 2.27. The Kier molecular flexibility index (Phi) is 6.96. The first-order chi connectivity index (χ1) is 11.0. The quantitative estimate of drug-likeness (QED) is 0.531. The molecule has 0 saturated carbocycles. The molecule has 0 aliphatic rings. The zero-order valence-electron chi connectivity index (χ0n) is 14.2. The van der Waals surface area contributed by atoms with Crippen LogP contribution in [0.3, 0.4) is 0 Å². The fraction of sp³-hybridized carbons (Fsp3) is 0.615. The standard InChI is InChI=1S/C13H24N4O5S2/c1-10(2)5-6-16-13(18)9-17-7-11(23(19,20)14-3)12(8-17)24(21,22)15-4/h7-8,10,14-15H,5-6,9H2,1-4H3,(H,16,18). The summed E-state index contributed by atoms with van der Waals surface area (Å²) in [6, 6.07) is 0. The van der Waals surface area contributed by atoms with E-state index in [4.69, 9.17) is 0 Å². The van der Waals surface area contributed by atoms with Gasteiger partial charge >= 0.3 is 0 Å². The summed E-state index contributed by atoms with van der Waals surface area (Å²) in [6.45, 7) is 4.38. The van der Waals surface area contributed by atoms with Crippen LogP contribution < -0.4 is 14.8 Å². The molecule has 1 aromatic rings. The summed E-state index contributed by atoms with van der Waals surface area (Å²) in [7, 11) is -5.61. The molecule has 11 heteroatoms. The van der Waals surface area contributed by atoms with Crippen LogP contribution in [0.25, 0.3) is 0 Å². The van der Waals surface area contributed by atoms with Gasteiger partial charge < -0.3 is 9.88 Å². The second kappa shape index (κ2) is 8.10. The van der Waals surface area contributed by atoms with Crippen LogP contribution in [-0.4, -0.2) is 47.9 Å². The van der Waals surface area contributed by atoms with Gasteiger partial charge in [0, 0.05) is 18.9 Å². The predicted octanol–water partition coefficient (Wildman–Crippen LogP) is -0.533. The van der Waals surface area contributed by atoms with Gasteiger partial charge in [-0.25, -0.2) is 26.3 Å². The molecule has 1 aromatic heterocycles. The van der Waals surface area contributed by atoms with Crippen LogP contribution >= 0.6 is 0 Å². The third kappa shape index (κ3) is 5.30. The molecule has 3 N–H and O–H groups in total. The van der Waals surface area contributed by atoms with Crippen LogP contribution in [0, 0.1) is 5.92 Å². The van der Waals surface area contributed by atoms with Crippen molar-refractivity contribution >= 4 is 26.0 Å². The van der Waals surface area contributed by atoms with Gasteiger partial charge in [-0.05, 0) is 26.4 Å². The van der Waals surface area contributed by atoms with E-state index < -0.39 is 29.8 Å². The number of carbonyl (C=O) groups excluding carboxylic acids is 1. The Morgan fingerprint density at radius 3 is 1.88 bits per heavy atom. The summed E-state index contributed by atoms with van der Waals surface area (Å²) in [4.78, 5) is 11.1. The number of amides is 1. The number of hydrogen-bond donors (Lipinski definition) is 3. The Morgan fingerprint density at radius 2 is 1.50 bits per heavy atom. The Hall–Kier alpha value is -1.43. The Balaban J connectivity index is 3.07. The maximum atomic E-state index is 12.0. The maximum Gasteiger partial charge on any atom is 0.243 e. The Morgan fingerprint density at radius 1 is 1.04 bits per heavy atom. The number of hydrogen-bond acceptors (Lipinski definition) is 5. The van der Waals surface area contributed by atoms with E-state index in [1.807, 2.05) is 13.8 Å². The summed E-state index contributed by atoms with van der Waals surface area (Å²) >= 11 is 0. The lowest BCUT2D eigenvalue weighted by Gasteiger charge is -2.07. The first-order valence-corrected chi connectivity index (χ1v) is 10.3. The average molecular weight is 380 g/mol. The van der Waals surface area contributed by atoms with Crippen molar-refractivity contribution < 1.29 is 21.6 Å².